The quantitative estimate of drug-likeness (QED) is 0.584. The van der Waals surface area contributed by atoms with Crippen molar-refractivity contribution >= 4 is 0 Å². The number of rotatable bonds is 0. The largest absolute Gasteiger partial charge is 0.391 e. The van der Waals surface area contributed by atoms with Crippen LogP contribution in [0.25, 0.3) is 0 Å². The summed E-state index contributed by atoms with van der Waals surface area (Å²) in [6.07, 6.45) is 0.150. The van der Waals surface area contributed by atoms with Crippen LogP contribution in [0, 0.1) is 0 Å². The lowest BCUT2D eigenvalue weighted by molar-refractivity contribution is 0.156. The summed E-state index contributed by atoms with van der Waals surface area (Å²) < 4.78 is 0. The van der Waals surface area contributed by atoms with Crippen molar-refractivity contribution in [1.29, 1.82) is 0 Å². The molecule has 0 spiro atoms. The highest BCUT2D eigenvalue weighted by atomic mass is 16.3. The molecule has 0 aromatic heterocycles. The minimum absolute atomic E-state index is 0.425. The molecular formula is C9H10NO. The highest BCUT2D eigenvalue weighted by molar-refractivity contribution is 5.35. The van der Waals surface area contributed by atoms with Gasteiger partial charge in [0.25, 0.3) is 0 Å². The second kappa shape index (κ2) is 2.32. The Morgan fingerprint density at radius 1 is 1.36 bits per heavy atom. The summed E-state index contributed by atoms with van der Waals surface area (Å²) >= 11 is 0. The molecule has 11 heavy (non-hydrogen) atoms. The lowest BCUT2D eigenvalue weighted by Gasteiger charge is -2.06. The Balaban J connectivity index is 2.47. The summed E-state index contributed by atoms with van der Waals surface area (Å²) in [6.45, 7) is 0. The van der Waals surface area contributed by atoms with Gasteiger partial charge < -0.3 is 5.11 Å². The second-order valence-electron chi connectivity index (χ2n) is 2.95. The van der Waals surface area contributed by atoms with Gasteiger partial charge in [0.2, 0.25) is 0 Å². The third kappa shape index (κ3) is 0.951. The Labute approximate surface area is 65.7 Å². The van der Waals surface area contributed by atoms with Gasteiger partial charge in [-0.1, -0.05) is 24.3 Å². The predicted octanol–water partition coefficient (Wildman–Crippen LogP) is 0.928. The van der Waals surface area contributed by atoms with Gasteiger partial charge in [-0.2, -0.15) is 0 Å². The summed E-state index contributed by atoms with van der Waals surface area (Å²) in [5, 5.41) is 9.33. The topological polar surface area (TPSA) is 44.0 Å². The molecule has 0 unspecified atom stereocenters. The van der Waals surface area contributed by atoms with E-state index in [4.69, 9.17) is 5.73 Å². The second-order valence-corrected chi connectivity index (χ2v) is 2.95. The van der Waals surface area contributed by atoms with Crippen LogP contribution in [-0.4, -0.2) is 11.2 Å². The molecule has 1 aliphatic carbocycles. The van der Waals surface area contributed by atoms with Crippen molar-refractivity contribution in [2.45, 2.75) is 18.6 Å². The number of fused-ring (bicyclic) bond motifs is 1. The summed E-state index contributed by atoms with van der Waals surface area (Å²) in [4.78, 5) is 0. The average Bonchev–Trinajstić information content (AvgIpc) is 2.30. The van der Waals surface area contributed by atoms with E-state index in [2.05, 4.69) is 0 Å². The number of aliphatic hydroxyl groups excluding tert-OH is 1. The van der Waals surface area contributed by atoms with Crippen molar-refractivity contribution in [1.82, 2.24) is 5.73 Å². The number of hydrogen-bond donors (Lipinski definition) is 1. The van der Waals surface area contributed by atoms with Gasteiger partial charge in [-0.15, -0.1) is 0 Å². The van der Waals surface area contributed by atoms with Gasteiger partial charge in [0, 0.05) is 6.42 Å². The fourth-order valence-corrected chi connectivity index (χ4v) is 1.57. The van der Waals surface area contributed by atoms with E-state index in [1.54, 1.807) is 0 Å². The maximum absolute atomic E-state index is 9.33. The first-order valence-electron chi connectivity index (χ1n) is 3.76. The van der Waals surface area contributed by atoms with Crippen LogP contribution in [-0.2, 0) is 6.42 Å². The van der Waals surface area contributed by atoms with Crippen LogP contribution in [0.1, 0.15) is 17.2 Å². The van der Waals surface area contributed by atoms with Crippen LogP contribution in [0.2, 0.25) is 0 Å². The molecule has 1 aliphatic rings. The Bertz CT molecular complexity index is 272. The zero-order valence-corrected chi connectivity index (χ0v) is 6.12. The van der Waals surface area contributed by atoms with E-state index in [1.165, 1.54) is 0 Å². The number of aliphatic hydroxyl groups is 1. The molecule has 2 heteroatoms. The minimum atomic E-state index is -0.493. The van der Waals surface area contributed by atoms with Gasteiger partial charge in [-0.05, 0) is 11.1 Å². The van der Waals surface area contributed by atoms with E-state index in [0.717, 1.165) is 11.1 Å². The molecule has 2 nitrogen and oxygen atoms in total. The van der Waals surface area contributed by atoms with Crippen molar-refractivity contribution in [2.24, 2.45) is 0 Å². The van der Waals surface area contributed by atoms with E-state index in [9.17, 15) is 5.11 Å². The first kappa shape index (κ1) is 6.83. The maximum atomic E-state index is 9.33. The first-order valence-corrected chi connectivity index (χ1v) is 3.76. The van der Waals surface area contributed by atoms with Gasteiger partial charge >= 0.3 is 0 Å². The molecule has 2 atom stereocenters. The lowest BCUT2D eigenvalue weighted by atomic mass is 10.1. The molecule has 0 saturated carbocycles. The fourth-order valence-electron chi connectivity index (χ4n) is 1.57. The molecule has 2 N–H and O–H groups in total. The van der Waals surface area contributed by atoms with Crippen LogP contribution in [0.3, 0.4) is 0 Å². The van der Waals surface area contributed by atoms with Gasteiger partial charge in [0.05, 0.1) is 12.1 Å². The van der Waals surface area contributed by atoms with Crippen molar-refractivity contribution in [3.05, 3.63) is 35.4 Å². The SMILES string of the molecule is [NH][C@H]1c2ccccc2C[C@H]1O. The Kier molecular flexibility index (Phi) is 1.44. The zero-order valence-electron chi connectivity index (χ0n) is 6.12. The van der Waals surface area contributed by atoms with Gasteiger partial charge in [-0.25, -0.2) is 5.73 Å². The highest BCUT2D eigenvalue weighted by Gasteiger charge is 2.27. The molecule has 2 rings (SSSR count). The summed E-state index contributed by atoms with van der Waals surface area (Å²) in [7, 11) is 0. The van der Waals surface area contributed by atoms with Crippen LogP contribution in [0.4, 0.5) is 0 Å². The monoisotopic (exact) mass is 148 g/mol. The molecule has 57 valence electrons. The smallest absolute Gasteiger partial charge is 0.0788 e. The Hall–Kier alpha value is -0.860. The molecule has 0 bridgehead atoms. The van der Waals surface area contributed by atoms with Crippen molar-refractivity contribution in [2.75, 3.05) is 0 Å². The van der Waals surface area contributed by atoms with Crippen LogP contribution >= 0.6 is 0 Å². The Morgan fingerprint density at radius 3 is 2.82 bits per heavy atom. The highest BCUT2D eigenvalue weighted by Crippen LogP contribution is 2.29. The van der Waals surface area contributed by atoms with E-state index >= 15 is 0 Å². The normalized spacial score (nSPS) is 28.5. The van der Waals surface area contributed by atoms with Crippen LogP contribution < -0.4 is 5.73 Å². The van der Waals surface area contributed by atoms with Gasteiger partial charge in [-0.3, -0.25) is 0 Å². The lowest BCUT2D eigenvalue weighted by Crippen LogP contribution is -2.13. The summed E-state index contributed by atoms with van der Waals surface area (Å²) in [5.74, 6) is 0. The van der Waals surface area contributed by atoms with Crippen LogP contribution in [0.5, 0.6) is 0 Å². The van der Waals surface area contributed by atoms with Crippen molar-refractivity contribution < 1.29 is 5.11 Å². The molecule has 0 heterocycles. The van der Waals surface area contributed by atoms with E-state index in [1.807, 2.05) is 24.3 Å². The van der Waals surface area contributed by atoms with Gasteiger partial charge in [0.15, 0.2) is 0 Å². The van der Waals surface area contributed by atoms with E-state index < -0.39 is 12.1 Å². The Morgan fingerprint density at radius 2 is 2.09 bits per heavy atom. The number of benzene rings is 1. The van der Waals surface area contributed by atoms with Gasteiger partial charge in [0.1, 0.15) is 0 Å². The fraction of sp³-hybridized carbons (Fsp3) is 0.333. The average molecular weight is 148 g/mol. The maximum Gasteiger partial charge on any atom is 0.0788 e. The minimum Gasteiger partial charge on any atom is -0.391 e. The summed E-state index contributed by atoms with van der Waals surface area (Å²) in [5.41, 5.74) is 9.68. The molecule has 0 amide bonds. The van der Waals surface area contributed by atoms with Crippen LogP contribution in [0.15, 0.2) is 24.3 Å². The molecular weight excluding hydrogens is 138 g/mol. The molecule has 1 aromatic rings. The molecule has 1 aromatic carbocycles. The molecule has 0 aliphatic heterocycles. The molecule has 0 saturated heterocycles. The molecule has 0 fully saturated rings. The molecule has 1 radical (unpaired) electrons. The van der Waals surface area contributed by atoms with Crippen molar-refractivity contribution in [3.8, 4) is 0 Å². The standard InChI is InChI=1S/C9H10NO/c10-9-7-4-2-1-3-6(7)5-8(9)11/h1-4,8-11H,5H2/t8-,9+/m1/s1. The zero-order chi connectivity index (χ0) is 7.84. The third-order valence-electron chi connectivity index (χ3n) is 2.20. The van der Waals surface area contributed by atoms with Crippen molar-refractivity contribution in [3.63, 3.8) is 0 Å². The van der Waals surface area contributed by atoms with E-state index in [0.29, 0.717) is 6.42 Å². The van der Waals surface area contributed by atoms with E-state index in [-0.39, 0.29) is 0 Å². The predicted molar refractivity (Wildman–Crippen MR) is 42.0 cm³/mol. The first-order chi connectivity index (χ1) is 5.29. The summed E-state index contributed by atoms with van der Waals surface area (Å²) in [6, 6.07) is 7.34. The number of hydrogen-bond acceptors (Lipinski definition) is 1. The number of nitrogens with one attached hydrogen (secondary N) is 1. The third-order valence-corrected chi connectivity index (χ3v) is 2.20.